The molecule has 1 aromatic rings. The van der Waals surface area contributed by atoms with Crippen molar-refractivity contribution >= 4 is 15.7 Å². The number of sulfonamides is 1. The van der Waals surface area contributed by atoms with Crippen LogP contribution in [0.4, 0.5) is 18.9 Å². The van der Waals surface area contributed by atoms with Crippen LogP contribution in [-0.4, -0.2) is 21.5 Å². The van der Waals surface area contributed by atoms with Crippen LogP contribution in [0.1, 0.15) is 24.8 Å². The maximum absolute atomic E-state index is 14.2. The molecular formula is C12H15F3N2O2S. The van der Waals surface area contributed by atoms with E-state index in [4.69, 9.17) is 5.14 Å². The minimum Gasteiger partial charge on any atom is -0.367 e. The summed E-state index contributed by atoms with van der Waals surface area (Å²) in [6.07, 6.45) is 2.43. The molecule has 1 aliphatic rings. The molecule has 20 heavy (non-hydrogen) atoms. The highest BCUT2D eigenvalue weighted by Gasteiger charge is 2.31. The largest absolute Gasteiger partial charge is 0.367 e. The van der Waals surface area contributed by atoms with Crippen molar-refractivity contribution in [3.05, 3.63) is 23.0 Å². The number of hydrogen-bond acceptors (Lipinski definition) is 3. The van der Waals surface area contributed by atoms with Crippen LogP contribution < -0.4 is 10.0 Å². The monoisotopic (exact) mass is 308 g/mol. The molecule has 0 radical (unpaired) electrons. The second-order valence-corrected chi connectivity index (χ2v) is 6.34. The van der Waals surface area contributed by atoms with Gasteiger partial charge in [0.05, 0.1) is 0 Å². The molecule has 1 aliphatic heterocycles. The first-order valence-electron chi connectivity index (χ1n) is 6.20. The molecule has 112 valence electrons. The van der Waals surface area contributed by atoms with Crippen molar-refractivity contribution in [2.24, 2.45) is 5.14 Å². The van der Waals surface area contributed by atoms with Gasteiger partial charge in [-0.1, -0.05) is 0 Å². The van der Waals surface area contributed by atoms with Crippen molar-refractivity contribution in [2.75, 3.05) is 18.0 Å². The molecule has 8 heteroatoms. The number of benzene rings is 1. The van der Waals surface area contributed by atoms with Crippen molar-refractivity contribution in [3.8, 4) is 0 Å². The summed E-state index contributed by atoms with van der Waals surface area (Å²) in [4.78, 5) is 0.283. The standard InChI is InChI=1S/C12H15F3N2O2S/c1-7-8(13)11(17-5-3-2-4-6-17)9(14)10(15)12(7)20(16,18)19/h2-6H2,1H3,(H2,16,18,19). The average molecular weight is 308 g/mol. The minimum atomic E-state index is -4.53. The number of anilines is 1. The maximum Gasteiger partial charge on any atom is 0.241 e. The van der Waals surface area contributed by atoms with E-state index in [1.807, 2.05) is 0 Å². The molecular weight excluding hydrogens is 293 g/mol. The quantitative estimate of drug-likeness (QED) is 0.851. The molecule has 0 bridgehead atoms. The summed E-state index contributed by atoms with van der Waals surface area (Å²) in [7, 11) is -4.53. The summed E-state index contributed by atoms with van der Waals surface area (Å²) in [5.41, 5.74) is -1.00. The van der Waals surface area contributed by atoms with Crippen LogP contribution in [0.5, 0.6) is 0 Å². The van der Waals surface area contributed by atoms with Crippen LogP contribution in [0.25, 0.3) is 0 Å². The Kier molecular flexibility index (Phi) is 3.97. The Hall–Kier alpha value is -1.28. The molecule has 0 atom stereocenters. The summed E-state index contributed by atoms with van der Waals surface area (Å²) in [6, 6.07) is 0. The van der Waals surface area contributed by atoms with Crippen LogP contribution in [0, 0.1) is 24.4 Å². The smallest absolute Gasteiger partial charge is 0.241 e. The van der Waals surface area contributed by atoms with E-state index in [1.165, 1.54) is 4.90 Å². The second kappa shape index (κ2) is 5.25. The van der Waals surface area contributed by atoms with Crippen LogP contribution in [-0.2, 0) is 10.0 Å². The van der Waals surface area contributed by atoms with E-state index in [9.17, 15) is 21.6 Å². The van der Waals surface area contributed by atoms with Crippen LogP contribution in [0.2, 0.25) is 0 Å². The predicted molar refractivity (Wildman–Crippen MR) is 68.5 cm³/mol. The first-order valence-corrected chi connectivity index (χ1v) is 7.74. The number of nitrogens with two attached hydrogens (primary N) is 1. The van der Waals surface area contributed by atoms with Crippen molar-refractivity contribution in [1.29, 1.82) is 0 Å². The topological polar surface area (TPSA) is 63.4 Å². The van der Waals surface area contributed by atoms with Gasteiger partial charge >= 0.3 is 0 Å². The van der Waals surface area contributed by atoms with Gasteiger partial charge in [-0.3, -0.25) is 0 Å². The van der Waals surface area contributed by atoms with Gasteiger partial charge in [-0.25, -0.2) is 26.7 Å². The van der Waals surface area contributed by atoms with Crippen molar-refractivity contribution in [2.45, 2.75) is 31.1 Å². The lowest BCUT2D eigenvalue weighted by atomic mass is 10.1. The molecule has 2 rings (SSSR count). The lowest BCUT2D eigenvalue weighted by Crippen LogP contribution is -2.32. The maximum atomic E-state index is 14.2. The third kappa shape index (κ3) is 2.49. The Morgan fingerprint density at radius 3 is 2.05 bits per heavy atom. The number of primary sulfonamides is 1. The van der Waals surface area contributed by atoms with E-state index in [0.717, 1.165) is 26.2 Å². The SMILES string of the molecule is Cc1c(F)c(N2CCCCC2)c(F)c(F)c1S(N)(=O)=O. The first-order chi connectivity index (χ1) is 9.25. The molecule has 1 aromatic carbocycles. The van der Waals surface area contributed by atoms with Crippen LogP contribution >= 0.6 is 0 Å². The van der Waals surface area contributed by atoms with Crippen molar-refractivity contribution in [1.82, 2.24) is 0 Å². The van der Waals surface area contributed by atoms with Gasteiger partial charge in [0.1, 0.15) is 10.6 Å². The molecule has 0 aliphatic carbocycles. The second-order valence-electron chi connectivity index (χ2n) is 4.84. The number of piperidine rings is 1. The Balaban J connectivity index is 2.67. The molecule has 0 unspecified atom stereocenters. The normalized spacial score (nSPS) is 16.6. The number of nitrogens with zero attached hydrogens (tertiary/aromatic N) is 1. The van der Waals surface area contributed by atoms with Gasteiger partial charge in [0, 0.05) is 18.7 Å². The third-order valence-corrected chi connectivity index (χ3v) is 4.49. The molecule has 0 spiro atoms. The zero-order valence-electron chi connectivity index (χ0n) is 10.9. The van der Waals surface area contributed by atoms with E-state index in [-0.39, 0.29) is 0 Å². The summed E-state index contributed by atoms with van der Waals surface area (Å²) in [5.74, 6) is -4.19. The van der Waals surface area contributed by atoms with Crippen LogP contribution in [0.3, 0.4) is 0 Å². The van der Waals surface area contributed by atoms with Gasteiger partial charge in [0.25, 0.3) is 0 Å². The van der Waals surface area contributed by atoms with Gasteiger partial charge in [-0.05, 0) is 26.2 Å². The van der Waals surface area contributed by atoms with E-state index in [1.54, 1.807) is 0 Å². The zero-order chi connectivity index (χ0) is 15.1. The van der Waals surface area contributed by atoms with E-state index in [2.05, 4.69) is 0 Å². The number of rotatable bonds is 2. The van der Waals surface area contributed by atoms with E-state index < -0.39 is 43.6 Å². The number of hydrogen-bond donors (Lipinski definition) is 1. The molecule has 1 fully saturated rings. The van der Waals surface area contributed by atoms with Crippen molar-refractivity contribution < 1.29 is 21.6 Å². The molecule has 2 N–H and O–H groups in total. The van der Waals surface area contributed by atoms with Crippen LogP contribution in [0.15, 0.2) is 4.90 Å². The average Bonchev–Trinajstić information content (AvgIpc) is 2.37. The van der Waals surface area contributed by atoms with Gasteiger partial charge in [-0.15, -0.1) is 0 Å². The van der Waals surface area contributed by atoms with Gasteiger partial charge < -0.3 is 4.90 Å². The van der Waals surface area contributed by atoms with Gasteiger partial charge in [0.15, 0.2) is 17.5 Å². The summed E-state index contributed by atoms with van der Waals surface area (Å²) < 4.78 is 64.7. The molecule has 0 aromatic heterocycles. The van der Waals surface area contributed by atoms with Gasteiger partial charge in [0.2, 0.25) is 10.0 Å². The summed E-state index contributed by atoms with van der Waals surface area (Å²) >= 11 is 0. The van der Waals surface area contributed by atoms with E-state index >= 15 is 0 Å². The Morgan fingerprint density at radius 1 is 1.00 bits per heavy atom. The van der Waals surface area contributed by atoms with Crippen molar-refractivity contribution in [3.63, 3.8) is 0 Å². The summed E-state index contributed by atoms with van der Waals surface area (Å²) in [5, 5.41) is 4.81. The fourth-order valence-corrected chi connectivity index (χ4v) is 3.33. The molecule has 1 heterocycles. The minimum absolute atomic E-state index is 0.404. The molecule has 0 saturated carbocycles. The lowest BCUT2D eigenvalue weighted by molar-refractivity contribution is 0.457. The van der Waals surface area contributed by atoms with E-state index in [0.29, 0.717) is 13.1 Å². The Labute approximate surface area is 115 Å². The highest BCUT2D eigenvalue weighted by atomic mass is 32.2. The molecule has 4 nitrogen and oxygen atoms in total. The fourth-order valence-electron chi connectivity index (χ4n) is 2.48. The number of halogens is 3. The molecule has 1 saturated heterocycles. The predicted octanol–water partition coefficient (Wildman–Crippen LogP) is 2.05. The van der Waals surface area contributed by atoms with Gasteiger partial charge in [-0.2, -0.15) is 0 Å². The Morgan fingerprint density at radius 2 is 1.55 bits per heavy atom. The third-order valence-electron chi connectivity index (χ3n) is 3.43. The zero-order valence-corrected chi connectivity index (χ0v) is 11.7. The lowest BCUT2D eigenvalue weighted by Gasteiger charge is -2.30. The highest BCUT2D eigenvalue weighted by Crippen LogP contribution is 2.34. The highest BCUT2D eigenvalue weighted by molar-refractivity contribution is 7.89. The first kappa shape index (κ1) is 15.1. The fraction of sp³-hybridized carbons (Fsp3) is 0.500. The Bertz CT molecular complexity index is 612. The summed E-state index contributed by atoms with van der Waals surface area (Å²) in [6.45, 7) is 1.88. The molecule has 0 amide bonds.